The maximum Gasteiger partial charge on any atom is 0.130 e. The van der Waals surface area contributed by atoms with Gasteiger partial charge >= 0.3 is 0 Å². The number of aryl methyl sites for hydroxylation is 1. The lowest BCUT2D eigenvalue weighted by atomic mass is 10.0. The molecule has 0 radical (unpaired) electrons. The van der Waals surface area contributed by atoms with E-state index in [0.717, 1.165) is 38.5 Å². The van der Waals surface area contributed by atoms with Gasteiger partial charge in [-0.2, -0.15) is 0 Å². The van der Waals surface area contributed by atoms with Crippen LogP contribution in [-0.4, -0.2) is 0 Å². The summed E-state index contributed by atoms with van der Waals surface area (Å²) in [5, 5.41) is 2.20. The van der Waals surface area contributed by atoms with Crippen LogP contribution in [-0.2, 0) is 5.33 Å². The van der Waals surface area contributed by atoms with E-state index >= 15 is 0 Å². The van der Waals surface area contributed by atoms with Gasteiger partial charge in [0.15, 0.2) is 0 Å². The van der Waals surface area contributed by atoms with Crippen LogP contribution in [0.2, 0.25) is 10.0 Å². The zero-order valence-corrected chi connectivity index (χ0v) is 15.3. The SMILES string of the molecule is Cc1cc(Cl)c(C(C)C)cc1Oc1ccc(CBr)c(Cl)c1. The van der Waals surface area contributed by atoms with E-state index < -0.39 is 0 Å². The second-order valence-electron chi connectivity index (χ2n) is 5.28. The molecule has 0 N–H and O–H groups in total. The molecule has 0 saturated carbocycles. The Bertz CT molecular complexity index is 653. The summed E-state index contributed by atoms with van der Waals surface area (Å²) < 4.78 is 5.98. The monoisotopic (exact) mass is 386 g/mol. The molecule has 2 aromatic rings. The third-order valence-electron chi connectivity index (χ3n) is 3.31. The van der Waals surface area contributed by atoms with E-state index in [1.165, 1.54) is 0 Å². The van der Waals surface area contributed by atoms with Crippen LogP contribution in [0.3, 0.4) is 0 Å². The number of halogens is 3. The summed E-state index contributed by atoms with van der Waals surface area (Å²) in [6.45, 7) is 6.21. The molecule has 0 atom stereocenters. The first-order valence-corrected chi connectivity index (χ1v) is 8.62. The minimum atomic E-state index is 0.347. The van der Waals surface area contributed by atoms with Crippen molar-refractivity contribution in [1.29, 1.82) is 0 Å². The molecule has 2 rings (SSSR count). The fourth-order valence-electron chi connectivity index (χ4n) is 2.05. The number of benzene rings is 2. The summed E-state index contributed by atoms with van der Waals surface area (Å²) in [4.78, 5) is 0. The van der Waals surface area contributed by atoms with Crippen LogP contribution >= 0.6 is 39.1 Å². The van der Waals surface area contributed by atoms with Gasteiger partial charge in [0.25, 0.3) is 0 Å². The Balaban J connectivity index is 2.35. The molecule has 0 aliphatic heterocycles. The van der Waals surface area contributed by atoms with E-state index in [1.54, 1.807) is 0 Å². The highest BCUT2D eigenvalue weighted by Gasteiger charge is 2.11. The lowest BCUT2D eigenvalue weighted by Gasteiger charge is -2.15. The zero-order valence-electron chi connectivity index (χ0n) is 12.2. The Labute approximate surface area is 144 Å². The van der Waals surface area contributed by atoms with Crippen LogP contribution in [0.25, 0.3) is 0 Å². The van der Waals surface area contributed by atoms with Crippen molar-refractivity contribution in [2.24, 2.45) is 0 Å². The first-order chi connectivity index (χ1) is 9.92. The van der Waals surface area contributed by atoms with E-state index in [0.29, 0.717) is 10.9 Å². The fourth-order valence-corrected chi connectivity index (χ4v) is 3.37. The molecule has 0 aromatic heterocycles. The van der Waals surface area contributed by atoms with Crippen molar-refractivity contribution in [3.8, 4) is 11.5 Å². The predicted octanol–water partition coefficient (Wildman–Crippen LogP) is 7.11. The summed E-state index contributed by atoms with van der Waals surface area (Å²) in [5.74, 6) is 1.88. The van der Waals surface area contributed by atoms with Gasteiger partial charge in [-0.05, 0) is 53.8 Å². The van der Waals surface area contributed by atoms with E-state index in [9.17, 15) is 0 Å². The molecular weight excluding hydrogens is 371 g/mol. The van der Waals surface area contributed by atoms with Gasteiger partial charge in [0.1, 0.15) is 11.5 Å². The van der Waals surface area contributed by atoms with E-state index in [2.05, 4.69) is 29.8 Å². The average Bonchev–Trinajstić information content (AvgIpc) is 2.41. The first-order valence-electron chi connectivity index (χ1n) is 6.74. The molecule has 0 spiro atoms. The quantitative estimate of drug-likeness (QED) is 0.507. The van der Waals surface area contributed by atoms with E-state index in [-0.39, 0.29) is 0 Å². The number of hydrogen-bond acceptors (Lipinski definition) is 1. The van der Waals surface area contributed by atoms with Crippen LogP contribution in [0.4, 0.5) is 0 Å². The van der Waals surface area contributed by atoms with Crippen LogP contribution in [0.1, 0.15) is 36.5 Å². The lowest BCUT2D eigenvalue weighted by molar-refractivity contribution is 0.477. The molecule has 0 amide bonds. The van der Waals surface area contributed by atoms with Crippen molar-refractivity contribution in [2.45, 2.75) is 32.0 Å². The second-order valence-corrected chi connectivity index (χ2v) is 6.66. The summed E-state index contributed by atoms with van der Waals surface area (Å²) in [5.41, 5.74) is 3.13. The van der Waals surface area contributed by atoms with E-state index in [4.69, 9.17) is 27.9 Å². The summed E-state index contributed by atoms with van der Waals surface area (Å²) in [7, 11) is 0. The van der Waals surface area contributed by atoms with Crippen molar-refractivity contribution in [1.82, 2.24) is 0 Å². The minimum Gasteiger partial charge on any atom is -0.457 e. The summed E-state index contributed by atoms with van der Waals surface area (Å²) in [6.07, 6.45) is 0. The van der Waals surface area contributed by atoms with Crippen molar-refractivity contribution in [3.63, 3.8) is 0 Å². The van der Waals surface area contributed by atoms with Crippen LogP contribution in [0.5, 0.6) is 11.5 Å². The standard InChI is InChI=1S/C17H17BrCl2O/c1-10(2)14-8-17(11(3)6-16(14)20)21-13-5-4-12(9-18)15(19)7-13/h4-8,10H,9H2,1-3H3. The van der Waals surface area contributed by atoms with Crippen molar-refractivity contribution >= 4 is 39.1 Å². The average molecular weight is 388 g/mol. The Morgan fingerprint density at radius 1 is 1.10 bits per heavy atom. The Hall–Kier alpha value is -0.700. The smallest absolute Gasteiger partial charge is 0.130 e. The molecule has 0 fully saturated rings. The number of ether oxygens (including phenoxy) is 1. The predicted molar refractivity (Wildman–Crippen MR) is 94.4 cm³/mol. The minimum absolute atomic E-state index is 0.347. The third kappa shape index (κ3) is 3.94. The van der Waals surface area contributed by atoms with Crippen molar-refractivity contribution in [3.05, 3.63) is 57.1 Å². The molecule has 1 nitrogen and oxygen atoms in total. The molecule has 0 aliphatic rings. The fraction of sp³-hybridized carbons (Fsp3) is 0.294. The van der Waals surface area contributed by atoms with Gasteiger partial charge in [0.2, 0.25) is 0 Å². The molecule has 112 valence electrons. The lowest BCUT2D eigenvalue weighted by Crippen LogP contribution is -1.94. The van der Waals surface area contributed by atoms with E-state index in [1.807, 2.05) is 37.3 Å². The number of hydrogen-bond donors (Lipinski definition) is 0. The molecule has 0 heterocycles. The Morgan fingerprint density at radius 2 is 1.81 bits per heavy atom. The van der Waals surface area contributed by atoms with Gasteiger partial charge in [0.05, 0.1) is 0 Å². The van der Waals surface area contributed by atoms with Gasteiger partial charge in [-0.15, -0.1) is 0 Å². The highest BCUT2D eigenvalue weighted by atomic mass is 79.9. The van der Waals surface area contributed by atoms with Crippen molar-refractivity contribution in [2.75, 3.05) is 0 Å². The molecule has 21 heavy (non-hydrogen) atoms. The maximum absolute atomic E-state index is 6.28. The van der Waals surface area contributed by atoms with Crippen LogP contribution in [0.15, 0.2) is 30.3 Å². The molecule has 0 unspecified atom stereocenters. The molecule has 0 bridgehead atoms. The number of alkyl halides is 1. The highest BCUT2D eigenvalue weighted by Crippen LogP contribution is 2.35. The molecule has 2 aromatic carbocycles. The Morgan fingerprint density at radius 3 is 2.38 bits per heavy atom. The number of rotatable bonds is 4. The largest absolute Gasteiger partial charge is 0.457 e. The highest BCUT2D eigenvalue weighted by molar-refractivity contribution is 9.08. The van der Waals surface area contributed by atoms with Crippen LogP contribution in [0, 0.1) is 6.92 Å². The first kappa shape index (κ1) is 16.7. The normalized spacial score (nSPS) is 11.0. The molecular formula is C17H17BrCl2O. The van der Waals surface area contributed by atoms with Gasteiger partial charge in [-0.3, -0.25) is 0 Å². The third-order valence-corrected chi connectivity index (χ3v) is 4.60. The van der Waals surface area contributed by atoms with Gasteiger partial charge < -0.3 is 4.74 Å². The van der Waals surface area contributed by atoms with Crippen molar-refractivity contribution < 1.29 is 4.74 Å². The summed E-state index contributed by atoms with van der Waals surface area (Å²) >= 11 is 15.9. The molecule has 4 heteroatoms. The molecule has 0 saturated heterocycles. The zero-order chi connectivity index (χ0) is 15.6. The second kappa shape index (κ2) is 7.04. The topological polar surface area (TPSA) is 9.23 Å². The summed E-state index contributed by atoms with van der Waals surface area (Å²) in [6, 6.07) is 9.67. The van der Waals surface area contributed by atoms with Gasteiger partial charge in [-0.1, -0.05) is 59.0 Å². The van der Waals surface area contributed by atoms with Gasteiger partial charge in [-0.25, -0.2) is 0 Å². The molecule has 0 aliphatic carbocycles. The van der Waals surface area contributed by atoms with Crippen LogP contribution < -0.4 is 4.74 Å². The Kier molecular flexibility index (Phi) is 5.59. The van der Waals surface area contributed by atoms with Gasteiger partial charge in [0, 0.05) is 15.4 Å². The maximum atomic E-state index is 6.28.